The first-order chi connectivity index (χ1) is 10.2. The second-order valence-electron chi connectivity index (χ2n) is 4.42. The van der Waals surface area contributed by atoms with E-state index in [1.54, 1.807) is 50.6 Å². The molecule has 0 fully saturated rings. The van der Waals surface area contributed by atoms with Crippen LogP contribution in [0.2, 0.25) is 0 Å². The van der Waals surface area contributed by atoms with Crippen LogP contribution in [0.15, 0.2) is 42.5 Å². The molecule has 0 radical (unpaired) electrons. The highest BCUT2D eigenvalue weighted by atomic mass is 16.5. The number of anilines is 1. The molecule has 0 aliphatic rings. The number of nitrogens with one attached hydrogen (secondary N) is 1. The SMILES string of the molecule is COc1ccc(OC)c(NC(=O)c2cccc(CN)c2)c1. The van der Waals surface area contributed by atoms with Crippen LogP contribution in [0.1, 0.15) is 15.9 Å². The van der Waals surface area contributed by atoms with Gasteiger partial charge >= 0.3 is 0 Å². The van der Waals surface area contributed by atoms with Crippen molar-refractivity contribution in [2.75, 3.05) is 19.5 Å². The smallest absolute Gasteiger partial charge is 0.255 e. The van der Waals surface area contributed by atoms with Gasteiger partial charge in [0.25, 0.3) is 5.91 Å². The van der Waals surface area contributed by atoms with E-state index >= 15 is 0 Å². The average molecular weight is 286 g/mol. The summed E-state index contributed by atoms with van der Waals surface area (Å²) >= 11 is 0. The Labute approximate surface area is 123 Å². The summed E-state index contributed by atoms with van der Waals surface area (Å²) in [6.07, 6.45) is 0. The molecule has 0 saturated carbocycles. The van der Waals surface area contributed by atoms with Crippen molar-refractivity contribution in [2.24, 2.45) is 5.73 Å². The molecule has 2 aromatic rings. The van der Waals surface area contributed by atoms with E-state index in [9.17, 15) is 4.79 Å². The Kier molecular flexibility index (Phi) is 4.79. The number of hydrogen-bond donors (Lipinski definition) is 2. The molecule has 5 heteroatoms. The first kappa shape index (κ1) is 14.9. The number of hydrogen-bond acceptors (Lipinski definition) is 4. The van der Waals surface area contributed by atoms with Crippen LogP contribution in [0.4, 0.5) is 5.69 Å². The molecule has 0 aromatic heterocycles. The second kappa shape index (κ2) is 6.76. The molecule has 3 N–H and O–H groups in total. The van der Waals surface area contributed by atoms with Crippen molar-refractivity contribution < 1.29 is 14.3 Å². The van der Waals surface area contributed by atoms with Crippen LogP contribution in [0.5, 0.6) is 11.5 Å². The number of nitrogens with two attached hydrogens (primary N) is 1. The van der Waals surface area contributed by atoms with Crippen molar-refractivity contribution in [3.63, 3.8) is 0 Å². The van der Waals surface area contributed by atoms with Gasteiger partial charge in [0.15, 0.2) is 0 Å². The maximum atomic E-state index is 12.3. The van der Waals surface area contributed by atoms with Crippen molar-refractivity contribution in [2.45, 2.75) is 6.54 Å². The van der Waals surface area contributed by atoms with Crippen molar-refractivity contribution in [3.05, 3.63) is 53.6 Å². The molecule has 0 bridgehead atoms. The minimum Gasteiger partial charge on any atom is -0.497 e. The molecule has 0 heterocycles. The van der Waals surface area contributed by atoms with Crippen LogP contribution >= 0.6 is 0 Å². The number of amides is 1. The molecule has 110 valence electrons. The summed E-state index contributed by atoms with van der Waals surface area (Å²) in [7, 11) is 3.12. The molecular formula is C16H18N2O3. The van der Waals surface area contributed by atoms with Gasteiger partial charge in [0, 0.05) is 18.2 Å². The van der Waals surface area contributed by atoms with Gasteiger partial charge in [-0.05, 0) is 29.8 Å². The van der Waals surface area contributed by atoms with Gasteiger partial charge in [-0.25, -0.2) is 0 Å². The fraction of sp³-hybridized carbons (Fsp3) is 0.188. The van der Waals surface area contributed by atoms with Gasteiger partial charge < -0.3 is 20.5 Å². The van der Waals surface area contributed by atoms with Crippen LogP contribution in [0.3, 0.4) is 0 Å². The Morgan fingerprint density at radius 2 is 1.95 bits per heavy atom. The summed E-state index contributed by atoms with van der Waals surface area (Å²) in [6.45, 7) is 0.392. The average Bonchev–Trinajstić information content (AvgIpc) is 2.54. The number of rotatable bonds is 5. The monoisotopic (exact) mass is 286 g/mol. The largest absolute Gasteiger partial charge is 0.497 e. The minimum atomic E-state index is -0.225. The molecule has 0 aliphatic carbocycles. The molecule has 21 heavy (non-hydrogen) atoms. The Balaban J connectivity index is 2.25. The molecule has 5 nitrogen and oxygen atoms in total. The van der Waals surface area contributed by atoms with E-state index < -0.39 is 0 Å². The fourth-order valence-corrected chi connectivity index (χ4v) is 1.95. The van der Waals surface area contributed by atoms with Crippen molar-refractivity contribution >= 4 is 11.6 Å². The molecule has 2 aromatic carbocycles. The van der Waals surface area contributed by atoms with E-state index in [2.05, 4.69) is 5.32 Å². The van der Waals surface area contributed by atoms with Gasteiger partial charge in [0.2, 0.25) is 0 Å². The van der Waals surface area contributed by atoms with Gasteiger partial charge in [0.05, 0.1) is 19.9 Å². The van der Waals surface area contributed by atoms with Gasteiger partial charge in [-0.3, -0.25) is 4.79 Å². The van der Waals surface area contributed by atoms with Gasteiger partial charge in [-0.1, -0.05) is 12.1 Å². The summed E-state index contributed by atoms with van der Waals surface area (Å²) in [5, 5.41) is 2.82. The minimum absolute atomic E-state index is 0.225. The van der Waals surface area contributed by atoms with Crippen LogP contribution in [-0.2, 0) is 6.54 Å². The van der Waals surface area contributed by atoms with Gasteiger partial charge in [-0.15, -0.1) is 0 Å². The zero-order chi connectivity index (χ0) is 15.2. The molecule has 0 spiro atoms. The quantitative estimate of drug-likeness (QED) is 0.885. The topological polar surface area (TPSA) is 73.6 Å². The van der Waals surface area contributed by atoms with E-state index in [0.29, 0.717) is 29.3 Å². The normalized spacial score (nSPS) is 10.0. The summed E-state index contributed by atoms with van der Waals surface area (Å²) < 4.78 is 10.4. The third-order valence-corrected chi connectivity index (χ3v) is 3.08. The number of methoxy groups -OCH3 is 2. The van der Waals surface area contributed by atoms with E-state index in [-0.39, 0.29) is 5.91 Å². The molecule has 0 saturated heterocycles. The Morgan fingerprint density at radius 3 is 2.62 bits per heavy atom. The van der Waals surface area contributed by atoms with Gasteiger partial charge in [0.1, 0.15) is 11.5 Å². The zero-order valence-corrected chi connectivity index (χ0v) is 12.1. The Bertz CT molecular complexity index is 641. The fourth-order valence-electron chi connectivity index (χ4n) is 1.95. The zero-order valence-electron chi connectivity index (χ0n) is 12.1. The Hall–Kier alpha value is -2.53. The first-order valence-electron chi connectivity index (χ1n) is 6.50. The van der Waals surface area contributed by atoms with Gasteiger partial charge in [-0.2, -0.15) is 0 Å². The molecular weight excluding hydrogens is 268 g/mol. The third kappa shape index (κ3) is 3.52. The standard InChI is InChI=1S/C16H18N2O3/c1-20-13-6-7-15(21-2)14(9-13)18-16(19)12-5-3-4-11(8-12)10-17/h3-9H,10,17H2,1-2H3,(H,18,19). The summed E-state index contributed by atoms with van der Waals surface area (Å²) in [4.78, 5) is 12.3. The highest BCUT2D eigenvalue weighted by Gasteiger charge is 2.11. The third-order valence-electron chi connectivity index (χ3n) is 3.08. The van der Waals surface area contributed by atoms with E-state index in [1.807, 2.05) is 6.07 Å². The first-order valence-corrected chi connectivity index (χ1v) is 6.50. The van der Waals surface area contributed by atoms with Crippen molar-refractivity contribution in [1.82, 2.24) is 0 Å². The molecule has 0 unspecified atom stereocenters. The highest BCUT2D eigenvalue weighted by molar-refractivity contribution is 6.05. The molecule has 0 aliphatic heterocycles. The maximum absolute atomic E-state index is 12.3. The van der Waals surface area contributed by atoms with E-state index in [0.717, 1.165) is 5.56 Å². The lowest BCUT2D eigenvalue weighted by atomic mass is 10.1. The lowest BCUT2D eigenvalue weighted by molar-refractivity contribution is 0.102. The van der Waals surface area contributed by atoms with Crippen LogP contribution in [0, 0.1) is 0 Å². The summed E-state index contributed by atoms with van der Waals surface area (Å²) in [5.41, 5.74) is 7.59. The molecule has 1 amide bonds. The van der Waals surface area contributed by atoms with Crippen LogP contribution in [-0.4, -0.2) is 20.1 Å². The maximum Gasteiger partial charge on any atom is 0.255 e. The summed E-state index contributed by atoms with van der Waals surface area (Å²) in [5.74, 6) is 0.984. The lowest BCUT2D eigenvalue weighted by Crippen LogP contribution is -2.13. The number of benzene rings is 2. The number of carbonyl (C=O) groups is 1. The molecule has 0 atom stereocenters. The number of carbonyl (C=O) groups excluding carboxylic acids is 1. The van der Waals surface area contributed by atoms with E-state index in [4.69, 9.17) is 15.2 Å². The van der Waals surface area contributed by atoms with Crippen molar-refractivity contribution in [1.29, 1.82) is 0 Å². The van der Waals surface area contributed by atoms with Crippen LogP contribution in [0.25, 0.3) is 0 Å². The second-order valence-corrected chi connectivity index (χ2v) is 4.42. The predicted molar refractivity (Wildman–Crippen MR) is 81.8 cm³/mol. The predicted octanol–water partition coefficient (Wildman–Crippen LogP) is 2.41. The van der Waals surface area contributed by atoms with E-state index in [1.165, 1.54) is 0 Å². The highest BCUT2D eigenvalue weighted by Crippen LogP contribution is 2.29. The Morgan fingerprint density at radius 1 is 1.14 bits per heavy atom. The number of ether oxygens (including phenoxy) is 2. The molecule has 2 rings (SSSR count). The lowest BCUT2D eigenvalue weighted by Gasteiger charge is -2.12. The van der Waals surface area contributed by atoms with Crippen LogP contribution < -0.4 is 20.5 Å². The van der Waals surface area contributed by atoms with Crippen molar-refractivity contribution in [3.8, 4) is 11.5 Å². The summed E-state index contributed by atoms with van der Waals surface area (Å²) in [6, 6.07) is 12.4.